The molecule has 25 heavy (non-hydrogen) atoms. The minimum Gasteiger partial charge on any atom is -0.491 e. The Morgan fingerprint density at radius 3 is 2.92 bits per heavy atom. The third-order valence-corrected chi connectivity index (χ3v) is 6.21. The van der Waals surface area contributed by atoms with Crippen molar-refractivity contribution < 1.29 is 14.3 Å². The van der Waals surface area contributed by atoms with Gasteiger partial charge in [-0.05, 0) is 52.4 Å². The molecule has 3 rings (SSSR count). The van der Waals surface area contributed by atoms with Gasteiger partial charge in [0.1, 0.15) is 17.5 Å². The molecule has 0 aromatic heterocycles. The molecule has 1 heterocycles. The molecule has 0 saturated carbocycles. The second-order valence-electron chi connectivity index (χ2n) is 8.37. The van der Waals surface area contributed by atoms with Crippen LogP contribution in [0.25, 0.3) is 0 Å². The average molecular weight is 344 g/mol. The van der Waals surface area contributed by atoms with Gasteiger partial charge in [0.2, 0.25) is 0 Å². The summed E-state index contributed by atoms with van der Waals surface area (Å²) >= 11 is 0. The van der Waals surface area contributed by atoms with Gasteiger partial charge in [-0.15, -0.1) is 0 Å². The van der Waals surface area contributed by atoms with E-state index in [1.807, 2.05) is 0 Å². The number of rotatable bonds is 5. The molecule has 3 aliphatic rings. The number of fused-ring (bicyclic) bond motifs is 1. The van der Waals surface area contributed by atoms with Gasteiger partial charge < -0.3 is 9.47 Å². The monoisotopic (exact) mass is 344 g/mol. The summed E-state index contributed by atoms with van der Waals surface area (Å²) in [6.07, 6.45) is 10.0. The van der Waals surface area contributed by atoms with Crippen molar-refractivity contribution in [2.75, 3.05) is 7.11 Å². The topological polar surface area (TPSA) is 35.5 Å². The summed E-state index contributed by atoms with van der Waals surface area (Å²) in [5.41, 5.74) is 3.60. The first-order valence-electron chi connectivity index (χ1n) is 9.67. The van der Waals surface area contributed by atoms with Gasteiger partial charge in [0, 0.05) is 31.4 Å². The van der Waals surface area contributed by atoms with E-state index in [0.29, 0.717) is 11.8 Å². The summed E-state index contributed by atoms with van der Waals surface area (Å²) in [6, 6.07) is 0. The molecule has 0 aromatic carbocycles. The molecule has 0 fully saturated rings. The van der Waals surface area contributed by atoms with Gasteiger partial charge in [0.05, 0.1) is 0 Å². The van der Waals surface area contributed by atoms with Crippen LogP contribution in [-0.4, -0.2) is 24.6 Å². The number of ketones is 1. The lowest BCUT2D eigenvalue weighted by Crippen LogP contribution is -2.43. The summed E-state index contributed by atoms with van der Waals surface area (Å²) in [5, 5.41) is 0. The van der Waals surface area contributed by atoms with Crippen molar-refractivity contribution in [1.82, 2.24) is 0 Å². The highest BCUT2D eigenvalue weighted by Crippen LogP contribution is 2.51. The maximum atomic E-state index is 12.7. The third-order valence-electron chi connectivity index (χ3n) is 6.21. The fraction of sp³-hybridized carbons (Fsp3) is 0.682. The Morgan fingerprint density at radius 2 is 2.24 bits per heavy atom. The molecular weight excluding hydrogens is 312 g/mol. The summed E-state index contributed by atoms with van der Waals surface area (Å²) in [6.45, 7) is 8.85. The molecule has 1 aliphatic heterocycles. The van der Waals surface area contributed by atoms with Crippen LogP contribution in [0, 0.1) is 11.8 Å². The van der Waals surface area contributed by atoms with Crippen LogP contribution in [0.3, 0.4) is 0 Å². The number of carbonyl (C=O) groups excluding carboxylic acids is 1. The number of Topliss-reactive ketones (excluding diaryl/α,β-unsaturated/α-hetero) is 1. The molecule has 0 bridgehead atoms. The zero-order valence-electron chi connectivity index (χ0n) is 16.4. The van der Waals surface area contributed by atoms with Crippen LogP contribution in [0.4, 0.5) is 0 Å². The van der Waals surface area contributed by atoms with Crippen molar-refractivity contribution in [3.63, 3.8) is 0 Å². The lowest BCUT2D eigenvalue weighted by molar-refractivity contribution is -0.129. The van der Waals surface area contributed by atoms with Gasteiger partial charge in [0.25, 0.3) is 0 Å². The zero-order chi connectivity index (χ0) is 18.2. The Hall–Kier alpha value is -1.35. The molecule has 0 radical (unpaired) electrons. The van der Waals surface area contributed by atoms with Gasteiger partial charge in [0.15, 0.2) is 5.78 Å². The van der Waals surface area contributed by atoms with E-state index in [-0.39, 0.29) is 17.5 Å². The van der Waals surface area contributed by atoms with Crippen LogP contribution in [0.1, 0.15) is 66.2 Å². The average Bonchev–Trinajstić information content (AvgIpc) is 2.89. The maximum Gasteiger partial charge on any atom is 0.190 e. The molecule has 138 valence electrons. The number of ether oxygens (including phenoxy) is 2. The highest BCUT2D eigenvalue weighted by Gasteiger charge is 2.49. The van der Waals surface area contributed by atoms with Crippen molar-refractivity contribution in [3.05, 3.63) is 34.6 Å². The number of hydrogen-bond acceptors (Lipinski definition) is 3. The number of carbonyl (C=O) groups is 1. The number of hydrogen-bond donors (Lipinski definition) is 0. The third kappa shape index (κ3) is 3.48. The lowest BCUT2D eigenvalue weighted by Gasteiger charge is -2.43. The van der Waals surface area contributed by atoms with E-state index in [2.05, 4.69) is 39.8 Å². The van der Waals surface area contributed by atoms with Gasteiger partial charge in [-0.25, -0.2) is 0 Å². The van der Waals surface area contributed by atoms with Crippen LogP contribution in [0.5, 0.6) is 0 Å². The first kappa shape index (κ1) is 18.4. The Bertz CT molecular complexity index is 636. The van der Waals surface area contributed by atoms with E-state index in [1.165, 1.54) is 11.1 Å². The Morgan fingerprint density at radius 1 is 1.48 bits per heavy atom. The fourth-order valence-corrected chi connectivity index (χ4v) is 4.65. The molecule has 0 aromatic rings. The lowest BCUT2D eigenvalue weighted by atomic mass is 9.73. The second-order valence-corrected chi connectivity index (χ2v) is 8.37. The fourth-order valence-electron chi connectivity index (χ4n) is 4.65. The minimum atomic E-state index is -0.282. The normalized spacial score (nSPS) is 32.5. The molecule has 0 N–H and O–H groups in total. The van der Waals surface area contributed by atoms with Crippen LogP contribution in [0.2, 0.25) is 0 Å². The molecule has 0 saturated heterocycles. The Labute approximate surface area is 152 Å². The van der Waals surface area contributed by atoms with Crippen LogP contribution in [0.15, 0.2) is 34.6 Å². The van der Waals surface area contributed by atoms with Crippen molar-refractivity contribution in [3.8, 4) is 0 Å². The van der Waals surface area contributed by atoms with Gasteiger partial charge in [-0.1, -0.05) is 30.2 Å². The van der Waals surface area contributed by atoms with Crippen molar-refractivity contribution >= 4 is 5.78 Å². The molecule has 0 amide bonds. The van der Waals surface area contributed by atoms with Crippen LogP contribution in [-0.2, 0) is 14.3 Å². The SMILES string of the molecule is COC1CCC2=C(CC3C(C(C)CCC=C(C)C)=CCC3(C)O2)C1=O. The molecule has 0 spiro atoms. The van der Waals surface area contributed by atoms with E-state index >= 15 is 0 Å². The minimum absolute atomic E-state index is 0.147. The number of allylic oxidation sites excluding steroid dienone is 3. The summed E-state index contributed by atoms with van der Waals surface area (Å²) in [5.74, 6) is 1.94. The molecule has 3 heteroatoms. The van der Waals surface area contributed by atoms with Crippen LogP contribution < -0.4 is 0 Å². The molecule has 2 aliphatic carbocycles. The Kier molecular flexibility index (Phi) is 5.24. The van der Waals surface area contributed by atoms with E-state index < -0.39 is 0 Å². The maximum absolute atomic E-state index is 12.7. The zero-order valence-corrected chi connectivity index (χ0v) is 16.4. The summed E-state index contributed by atoms with van der Waals surface area (Å²) < 4.78 is 11.8. The predicted octanol–water partition coefficient (Wildman–Crippen LogP) is 5.13. The van der Waals surface area contributed by atoms with E-state index in [1.54, 1.807) is 7.11 Å². The first-order valence-corrected chi connectivity index (χ1v) is 9.67. The van der Waals surface area contributed by atoms with Gasteiger partial charge in [-0.3, -0.25) is 4.79 Å². The molecule has 4 unspecified atom stereocenters. The van der Waals surface area contributed by atoms with Crippen LogP contribution >= 0.6 is 0 Å². The smallest absolute Gasteiger partial charge is 0.190 e. The quantitative estimate of drug-likeness (QED) is 0.649. The molecule has 4 atom stereocenters. The summed E-state index contributed by atoms with van der Waals surface area (Å²) in [4.78, 5) is 12.7. The predicted molar refractivity (Wildman–Crippen MR) is 100 cm³/mol. The highest BCUT2D eigenvalue weighted by molar-refractivity contribution is 6.00. The largest absolute Gasteiger partial charge is 0.491 e. The Balaban J connectivity index is 1.76. The van der Waals surface area contributed by atoms with Crippen molar-refractivity contribution in [2.24, 2.45) is 11.8 Å². The van der Waals surface area contributed by atoms with Crippen molar-refractivity contribution in [1.29, 1.82) is 0 Å². The van der Waals surface area contributed by atoms with Gasteiger partial charge in [-0.2, -0.15) is 0 Å². The van der Waals surface area contributed by atoms with E-state index in [0.717, 1.165) is 49.9 Å². The standard InChI is InChI=1S/C22H32O3/c1-14(2)7-6-8-15(3)16-11-12-22(4)18(16)13-17-19(25-22)9-10-20(24-5)21(17)23/h7,11,15,18,20H,6,8-10,12-13H2,1-5H3. The van der Waals surface area contributed by atoms with Gasteiger partial charge >= 0.3 is 0 Å². The highest BCUT2D eigenvalue weighted by atomic mass is 16.5. The molecule has 3 nitrogen and oxygen atoms in total. The van der Waals surface area contributed by atoms with E-state index in [9.17, 15) is 4.79 Å². The second kappa shape index (κ2) is 7.11. The van der Waals surface area contributed by atoms with E-state index in [4.69, 9.17) is 9.47 Å². The first-order chi connectivity index (χ1) is 11.9. The number of methoxy groups -OCH3 is 1. The summed E-state index contributed by atoms with van der Waals surface area (Å²) in [7, 11) is 1.63. The van der Waals surface area contributed by atoms with Crippen molar-refractivity contribution in [2.45, 2.75) is 77.9 Å². The molecular formula is C22H32O3.